The first kappa shape index (κ1) is 9.18. The van der Waals surface area contributed by atoms with Gasteiger partial charge < -0.3 is 9.97 Å². The molecule has 0 atom stereocenters. The van der Waals surface area contributed by atoms with Crippen LogP contribution in [0, 0.1) is 6.20 Å². The molecule has 1 aromatic rings. The van der Waals surface area contributed by atoms with E-state index in [2.05, 4.69) is 16.2 Å². The second-order valence-electron chi connectivity index (χ2n) is 1.46. The van der Waals surface area contributed by atoms with Crippen LogP contribution in [0.4, 0.5) is 0 Å². The molecule has 45 valence electrons. The van der Waals surface area contributed by atoms with Gasteiger partial charge in [0.05, 0.1) is 0 Å². The predicted octanol–water partition coefficient (Wildman–Crippen LogP) is 0.837. The van der Waals surface area contributed by atoms with Crippen LogP contribution in [-0.4, -0.2) is 9.97 Å². The molecule has 0 unspecified atom stereocenters. The maximum Gasteiger partial charge on any atom is 0.0133 e. The van der Waals surface area contributed by atoms with E-state index in [4.69, 9.17) is 0 Å². The third kappa shape index (κ3) is 3.02. The molecule has 0 fully saturated rings. The fourth-order valence-electron chi connectivity index (χ4n) is 0.468. The number of hydrogen-bond acceptors (Lipinski definition) is 2. The number of aryl methyl sites for hydroxylation is 1. The van der Waals surface area contributed by atoms with Gasteiger partial charge in [0.1, 0.15) is 0 Å². The molecule has 1 aromatic heterocycles. The van der Waals surface area contributed by atoms with E-state index in [0.29, 0.717) is 0 Å². The van der Waals surface area contributed by atoms with Crippen LogP contribution in [0.3, 0.4) is 0 Å². The van der Waals surface area contributed by atoms with E-state index in [0.717, 1.165) is 12.2 Å². The monoisotopic (exact) mass is 196 g/mol. The topological polar surface area (TPSA) is 25.8 Å². The largest absolute Gasteiger partial charge is 0.373 e. The Morgan fingerprint density at radius 2 is 2.44 bits per heavy atom. The van der Waals surface area contributed by atoms with Crippen molar-refractivity contribution in [1.82, 2.24) is 9.97 Å². The van der Waals surface area contributed by atoms with Crippen molar-refractivity contribution in [2.45, 2.75) is 13.3 Å². The summed E-state index contributed by atoms with van der Waals surface area (Å²) in [6.07, 6.45) is 5.29. The van der Waals surface area contributed by atoms with Crippen LogP contribution in [0.5, 0.6) is 0 Å². The summed E-state index contributed by atoms with van der Waals surface area (Å²) in [6.45, 7) is 2.02. The molecule has 0 saturated carbocycles. The van der Waals surface area contributed by atoms with E-state index in [-0.39, 0.29) is 32.7 Å². The van der Waals surface area contributed by atoms with Gasteiger partial charge in [0.2, 0.25) is 0 Å². The summed E-state index contributed by atoms with van der Waals surface area (Å²) < 4.78 is 0. The maximum atomic E-state index is 3.95. The van der Waals surface area contributed by atoms with Gasteiger partial charge in [0.25, 0.3) is 0 Å². The maximum absolute atomic E-state index is 3.95. The molecule has 9 heavy (non-hydrogen) atoms. The van der Waals surface area contributed by atoms with Crippen molar-refractivity contribution in [2.24, 2.45) is 0 Å². The van der Waals surface area contributed by atoms with E-state index >= 15 is 0 Å². The summed E-state index contributed by atoms with van der Waals surface area (Å²) in [5.74, 6) is 0.854. The van der Waals surface area contributed by atoms with Gasteiger partial charge in [-0.1, -0.05) is 19.3 Å². The third-order valence-electron chi connectivity index (χ3n) is 0.882. The van der Waals surface area contributed by atoms with Crippen molar-refractivity contribution >= 4 is 0 Å². The molecule has 1 radical (unpaired) electrons. The van der Waals surface area contributed by atoms with Gasteiger partial charge in [-0.3, -0.25) is 0 Å². The molecule has 1 rings (SSSR count). The average Bonchev–Trinajstić information content (AvgIpc) is 1.90. The molecule has 1 heterocycles. The molecule has 3 heteroatoms. The van der Waals surface area contributed by atoms with Crippen LogP contribution in [0.2, 0.25) is 0 Å². The summed E-state index contributed by atoms with van der Waals surface area (Å²) in [5.41, 5.74) is 0. The molecule has 0 aliphatic rings. The van der Waals surface area contributed by atoms with Crippen molar-refractivity contribution in [2.75, 3.05) is 0 Å². The van der Waals surface area contributed by atoms with Gasteiger partial charge in [0.15, 0.2) is 0 Å². The van der Waals surface area contributed by atoms with E-state index in [1.54, 1.807) is 12.3 Å². The normalized spacial score (nSPS) is 8.11. The van der Waals surface area contributed by atoms with Crippen LogP contribution in [0.15, 0.2) is 12.3 Å². The Labute approximate surface area is 80.0 Å². The minimum absolute atomic E-state index is 0. The van der Waals surface area contributed by atoms with Gasteiger partial charge in [0, 0.05) is 38.5 Å². The Bertz CT molecular complexity index is 152. The van der Waals surface area contributed by atoms with E-state index in [1.165, 1.54) is 0 Å². The van der Waals surface area contributed by atoms with Crippen molar-refractivity contribution in [3.05, 3.63) is 24.3 Å². The van der Waals surface area contributed by atoms with Crippen LogP contribution in [0.1, 0.15) is 12.7 Å². The van der Waals surface area contributed by atoms with Crippen LogP contribution < -0.4 is 0 Å². The first-order chi connectivity index (χ1) is 3.93. The zero-order chi connectivity index (χ0) is 5.82. The molecule has 0 aliphatic carbocycles. The first-order valence-corrected chi connectivity index (χ1v) is 2.61. The van der Waals surface area contributed by atoms with E-state index < -0.39 is 0 Å². The Morgan fingerprint density at radius 1 is 1.67 bits per heavy atom. The summed E-state index contributed by atoms with van der Waals surface area (Å²) in [7, 11) is 0. The van der Waals surface area contributed by atoms with Crippen LogP contribution >= 0.6 is 0 Å². The molecular formula is C6H7N2Y-. The first-order valence-electron chi connectivity index (χ1n) is 2.61. The molecule has 0 aromatic carbocycles. The van der Waals surface area contributed by atoms with Gasteiger partial charge in [-0.05, 0) is 6.42 Å². The number of hydrogen-bond donors (Lipinski definition) is 0. The van der Waals surface area contributed by atoms with Gasteiger partial charge >= 0.3 is 0 Å². The molecule has 0 amide bonds. The van der Waals surface area contributed by atoms with Crippen molar-refractivity contribution in [3.8, 4) is 0 Å². The number of nitrogens with zero attached hydrogens (tertiary/aromatic N) is 2. The zero-order valence-corrected chi connectivity index (χ0v) is 8.17. The van der Waals surface area contributed by atoms with Crippen LogP contribution in [-0.2, 0) is 39.1 Å². The quantitative estimate of drug-likeness (QED) is 0.622. The van der Waals surface area contributed by atoms with Crippen molar-refractivity contribution < 1.29 is 32.7 Å². The Kier molecular flexibility index (Phi) is 5.11. The molecular weight excluding hydrogens is 189 g/mol. The Hall–Kier alpha value is 0.184. The molecule has 0 saturated heterocycles. The molecule has 0 N–H and O–H groups in total. The van der Waals surface area contributed by atoms with Gasteiger partial charge in [-0.15, -0.1) is 6.07 Å². The summed E-state index contributed by atoms with van der Waals surface area (Å²) in [6, 6.07) is 1.69. The summed E-state index contributed by atoms with van der Waals surface area (Å²) >= 11 is 0. The zero-order valence-electron chi connectivity index (χ0n) is 5.33. The molecule has 2 nitrogen and oxygen atoms in total. The number of aromatic nitrogens is 2. The van der Waals surface area contributed by atoms with E-state index in [9.17, 15) is 0 Å². The fourth-order valence-corrected chi connectivity index (χ4v) is 0.468. The average molecular weight is 196 g/mol. The Balaban J connectivity index is 0.000000640. The van der Waals surface area contributed by atoms with Crippen molar-refractivity contribution in [1.29, 1.82) is 0 Å². The van der Waals surface area contributed by atoms with Gasteiger partial charge in [-0.2, -0.15) is 0 Å². The van der Waals surface area contributed by atoms with Crippen molar-refractivity contribution in [3.63, 3.8) is 0 Å². The summed E-state index contributed by atoms with van der Waals surface area (Å²) in [4.78, 5) is 7.82. The fraction of sp³-hybridized carbons (Fsp3) is 0.333. The third-order valence-corrected chi connectivity index (χ3v) is 0.882. The standard InChI is InChI=1S/C6H7N2.Y/c1-2-6-7-4-3-5-8-6;/h3-4H,2H2,1H3;/q-1;. The SMILES string of the molecule is CCc1n[c-]ccn1.[Y]. The van der Waals surface area contributed by atoms with Gasteiger partial charge in [-0.25, -0.2) is 0 Å². The number of rotatable bonds is 1. The second-order valence-corrected chi connectivity index (χ2v) is 1.46. The van der Waals surface area contributed by atoms with Crippen LogP contribution in [0.25, 0.3) is 0 Å². The Morgan fingerprint density at radius 3 is 2.78 bits per heavy atom. The minimum Gasteiger partial charge on any atom is -0.373 e. The molecule has 0 spiro atoms. The smallest absolute Gasteiger partial charge is 0.0133 e. The molecule has 0 aliphatic heterocycles. The van der Waals surface area contributed by atoms with E-state index in [1.807, 2.05) is 6.92 Å². The minimum atomic E-state index is 0. The molecule has 0 bridgehead atoms. The second kappa shape index (κ2) is 5.01. The predicted molar refractivity (Wildman–Crippen MR) is 30.2 cm³/mol. The summed E-state index contributed by atoms with van der Waals surface area (Å²) in [5, 5.41) is 0.